The van der Waals surface area contributed by atoms with Crippen LogP contribution in [-0.2, 0) is 11.3 Å². The monoisotopic (exact) mass is 247 g/mol. The lowest BCUT2D eigenvalue weighted by atomic mass is 9.96. The van der Waals surface area contributed by atoms with Crippen LogP contribution in [0.3, 0.4) is 0 Å². The Morgan fingerprint density at radius 2 is 1.89 bits per heavy atom. The summed E-state index contributed by atoms with van der Waals surface area (Å²) in [5.74, 6) is -1.10. The highest BCUT2D eigenvalue weighted by Crippen LogP contribution is 2.21. The van der Waals surface area contributed by atoms with Crippen LogP contribution in [0.15, 0.2) is 24.3 Å². The Bertz CT molecular complexity index is 393. The molecule has 1 N–H and O–H groups in total. The fourth-order valence-corrected chi connectivity index (χ4v) is 2.61. The molecule has 1 atom stereocenters. The molecule has 98 valence electrons. The first-order valence-electron chi connectivity index (χ1n) is 6.74. The highest BCUT2D eigenvalue weighted by molar-refractivity contribution is 5.75. The van der Waals surface area contributed by atoms with Gasteiger partial charge in [-0.1, -0.05) is 31.2 Å². The molecule has 0 aliphatic carbocycles. The van der Waals surface area contributed by atoms with Gasteiger partial charge in [0.05, 0.1) is 5.92 Å². The molecule has 0 spiro atoms. The van der Waals surface area contributed by atoms with E-state index in [2.05, 4.69) is 17.0 Å². The maximum Gasteiger partial charge on any atom is 0.310 e. The van der Waals surface area contributed by atoms with E-state index in [0.717, 1.165) is 12.1 Å². The molecule has 1 fully saturated rings. The minimum atomic E-state index is -0.732. The Kier molecular flexibility index (Phi) is 4.37. The molecule has 1 unspecified atom stereocenters. The van der Waals surface area contributed by atoms with Crippen molar-refractivity contribution in [1.82, 2.24) is 4.90 Å². The van der Waals surface area contributed by atoms with Crippen LogP contribution in [0, 0.1) is 0 Å². The molecule has 0 amide bonds. The Morgan fingerprint density at radius 1 is 1.28 bits per heavy atom. The molecule has 0 radical (unpaired) electrons. The average Bonchev–Trinajstić information content (AvgIpc) is 2.84. The molecule has 1 saturated heterocycles. The van der Waals surface area contributed by atoms with Gasteiger partial charge in [0.25, 0.3) is 0 Å². The molecular formula is C15H21NO2. The molecule has 1 aromatic carbocycles. The predicted octanol–water partition coefficient (Wildman–Crippen LogP) is 2.86. The number of carboxylic acid groups (broad SMARTS) is 1. The van der Waals surface area contributed by atoms with Crippen molar-refractivity contribution < 1.29 is 9.90 Å². The van der Waals surface area contributed by atoms with Crippen LogP contribution < -0.4 is 0 Å². The van der Waals surface area contributed by atoms with Gasteiger partial charge in [0.1, 0.15) is 0 Å². The number of aliphatic carboxylic acids is 1. The summed E-state index contributed by atoms with van der Waals surface area (Å²) in [7, 11) is 0. The largest absolute Gasteiger partial charge is 0.481 e. The summed E-state index contributed by atoms with van der Waals surface area (Å²) < 4.78 is 0. The van der Waals surface area contributed by atoms with E-state index >= 15 is 0 Å². The summed E-state index contributed by atoms with van der Waals surface area (Å²) in [6, 6.07) is 8.07. The fraction of sp³-hybridized carbons (Fsp3) is 0.533. The molecule has 1 aliphatic heterocycles. The molecule has 2 rings (SSSR count). The summed E-state index contributed by atoms with van der Waals surface area (Å²) in [4.78, 5) is 13.5. The van der Waals surface area contributed by atoms with Gasteiger partial charge in [0.15, 0.2) is 0 Å². The van der Waals surface area contributed by atoms with E-state index in [-0.39, 0.29) is 5.92 Å². The second kappa shape index (κ2) is 6.01. The summed E-state index contributed by atoms with van der Waals surface area (Å²) in [6.45, 7) is 5.28. The molecule has 1 aromatic rings. The van der Waals surface area contributed by atoms with Crippen LogP contribution in [0.25, 0.3) is 0 Å². The number of carbonyl (C=O) groups is 1. The van der Waals surface area contributed by atoms with E-state index in [9.17, 15) is 4.79 Å². The van der Waals surface area contributed by atoms with E-state index in [1.54, 1.807) is 0 Å². The van der Waals surface area contributed by atoms with Crippen molar-refractivity contribution in [2.45, 2.75) is 38.6 Å². The lowest BCUT2D eigenvalue weighted by molar-refractivity contribution is -0.138. The number of rotatable bonds is 5. The number of hydrogen-bond donors (Lipinski definition) is 1. The van der Waals surface area contributed by atoms with E-state index in [1.807, 2.05) is 19.1 Å². The van der Waals surface area contributed by atoms with Gasteiger partial charge in [-0.2, -0.15) is 0 Å². The van der Waals surface area contributed by atoms with Crippen LogP contribution in [0.4, 0.5) is 0 Å². The van der Waals surface area contributed by atoms with E-state index in [0.29, 0.717) is 6.42 Å². The summed E-state index contributed by atoms with van der Waals surface area (Å²) >= 11 is 0. The van der Waals surface area contributed by atoms with Gasteiger partial charge in [0, 0.05) is 6.54 Å². The molecule has 0 bridgehead atoms. The smallest absolute Gasteiger partial charge is 0.310 e. The van der Waals surface area contributed by atoms with Crippen molar-refractivity contribution in [3.8, 4) is 0 Å². The highest BCUT2D eigenvalue weighted by atomic mass is 16.4. The first kappa shape index (κ1) is 13.1. The summed E-state index contributed by atoms with van der Waals surface area (Å²) in [5, 5.41) is 9.12. The Hall–Kier alpha value is -1.35. The second-order valence-corrected chi connectivity index (χ2v) is 5.02. The van der Waals surface area contributed by atoms with Crippen molar-refractivity contribution in [2.24, 2.45) is 0 Å². The van der Waals surface area contributed by atoms with Crippen molar-refractivity contribution in [2.75, 3.05) is 13.1 Å². The van der Waals surface area contributed by atoms with Gasteiger partial charge in [0.2, 0.25) is 0 Å². The topological polar surface area (TPSA) is 40.5 Å². The minimum Gasteiger partial charge on any atom is -0.481 e. The van der Waals surface area contributed by atoms with Gasteiger partial charge in [-0.05, 0) is 43.5 Å². The molecular weight excluding hydrogens is 226 g/mol. The molecule has 3 heteroatoms. The van der Waals surface area contributed by atoms with Crippen LogP contribution >= 0.6 is 0 Å². The minimum absolute atomic E-state index is 0.370. The maximum atomic E-state index is 11.1. The van der Waals surface area contributed by atoms with Crippen molar-refractivity contribution >= 4 is 5.97 Å². The van der Waals surface area contributed by atoms with Gasteiger partial charge in [-0.25, -0.2) is 0 Å². The van der Waals surface area contributed by atoms with E-state index in [4.69, 9.17) is 5.11 Å². The third kappa shape index (κ3) is 3.10. The van der Waals surface area contributed by atoms with Crippen LogP contribution in [-0.4, -0.2) is 29.1 Å². The summed E-state index contributed by atoms with van der Waals surface area (Å²) in [5.41, 5.74) is 2.19. The van der Waals surface area contributed by atoms with E-state index < -0.39 is 5.97 Å². The third-order valence-corrected chi connectivity index (χ3v) is 3.69. The number of benzene rings is 1. The fourth-order valence-electron chi connectivity index (χ4n) is 2.61. The Balaban J connectivity index is 2.02. The predicted molar refractivity (Wildman–Crippen MR) is 71.6 cm³/mol. The standard InChI is InChI=1S/C15H21NO2/c1-2-14(15(17)18)13-7-5-12(6-8-13)11-16-9-3-4-10-16/h5-8,14H,2-4,9-11H2,1H3,(H,17,18). The van der Waals surface area contributed by atoms with Gasteiger partial charge in [-0.3, -0.25) is 9.69 Å². The van der Waals surface area contributed by atoms with Crippen molar-refractivity contribution in [1.29, 1.82) is 0 Å². The lowest BCUT2D eigenvalue weighted by Crippen LogP contribution is -2.18. The van der Waals surface area contributed by atoms with Gasteiger partial charge < -0.3 is 5.11 Å². The normalized spacial score (nSPS) is 17.8. The SMILES string of the molecule is CCC(C(=O)O)c1ccc(CN2CCCC2)cc1. The van der Waals surface area contributed by atoms with Crippen molar-refractivity contribution in [3.63, 3.8) is 0 Å². The number of carboxylic acids is 1. The molecule has 3 nitrogen and oxygen atoms in total. The zero-order valence-corrected chi connectivity index (χ0v) is 10.9. The zero-order chi connectivity index (χ0) is 13.0. The summed E-state index contributed by atoms with van der Waals surface area (Å²) in [6.07, 6.45) is 3.24. The number of likely N-dealkylation sites (tertiary alicyclic amines) is 1. The second-order valence-electron chi connectivity index (χ2n) is 5.02. The van der Waals surface area contributed by atoms with Crippen LogP contribution in [0.1, 0.15) is 43.2 Å². The number of nitrogens with zero attached hydrogens (tertiary/aromatic N) is 1. The molecule has 1 aliphatic rings. The van der Waals surface area contributed by atoms with Crippen molar-refractivity contribution in [3.05, 3.63) is 35.4 Å². The highest BCUT2D eigenvalue weighted by Gasteiger charge is 2.17. The van der Waals surface area contributed by atoms with Crippen LogP contribution in [0.2, 0.25) is 0 Å². The quantitative estimate of drug-likeness (QED) is 0.869. The first-order valence-corrected chi connectivity index (χ1v) is 6.74. The maximum absolute atomic E-state index is 11.1. The Labute approximate surface area is 108 Å². The third-order valence-electron chi connectivity index (χ3n) is 3.69. The van der Waals surface area contributed by atoms with Gasteiger partial charge in [-0.15, -0.1) is 0 Å². The molecule has 1 heterocycles. The molecule has 18 heavy (non-hydrogen) atoms. The lowest BCUT2D eigenvalue weighted by Gasteiger charge is -2.15. The average molecular weight is 247 g/mol. The number of hydrogen-bond acceptors (Lipinski definition) is 2. The van der Waals surface area contributed by atoms with Gasteiger partial charge >= 0.3 is 5.97 Å². The zero-order valence-electron chi connectivity index (χ0n) is 10.9. The first-order chi connectivity index (χ1) is 8.70. The molecule has 0 aromatic heterocycles. The molecule has 0 saturated carbocycles. The van der Waals surface area contributed by atoms with E-state index in [1.165, 1.54) is 31.5 Å². The Morgan fingerprint density at radius 3 is 2.39 bits per heavy atom. The van der Waals surface area contributed by atoms with Crippen LogP contribution in [0.5, 0.6) is 0 Å².